The lowest BCUT2D eigenvalue weighted by molar-refractivity contribution is -0.117. The van der Waals surface area contributed by atoms with Gasteiger partial charge in [-0.1, -0.05) is 23.5 Å². The van der Waals surface area contributed by atoms with E-state index in [0.717, 1.165) is 16.2 Å². The average molecular weight is 467 g/mol. The number of halogens is 1. The molecule has 32 heavy (non-hydrogen) atoms. The number of aromatic hydroxyl groups is 1. The number of hydrogen-bond acceptors (Lipinski definition) is 7. The second-order valence-corrected chi connectivity index (χ2v) is 9.58. The highest BCUT2D eigenvalue weighted by Gasteiger charge is 2.46. The minimum Gasteiger partial charge on any atom is -0.508 e. The van der Waals surface area contributed by atoms with Crippen LogP contribution in [-0.2, 0) is 4.79 Å². The number of thiazole rings is 1. The zero-order valence-electron chi connectivity index (χ0n) is 16.6. The number of aryl methyl sites for hydroxylation is 1. The number of phenolic OH excluding ortho intramolecular Hbond substituents is 1. The number of aliphatic hydroxyl groups excluding tert-OH is 1. The molecule has 0 bridgehead atoms. The van der Waals surface area contributed by atoms with E-state index < -0.39 is 29.3 Å². The Balaban J connectivity index is 1.68. The highest BCUT2D eigenvalue weighted by Crippen LogP contribution is 2.44. The minimum absolute atomic E-state index is 0.0232. The van der Waals surface area contributed by atoms with Gasteiger partial charge in [0.2, 0.25) is 5.78 Å². The number of benzene rings is 2. The normalized spacial score (nSPS) is 16.4. The minimum atomic E-state index is -0.955. The molecular weight excluding hydrogens is 451 g/mol. The number of nitrogens with zero attached hydrogens (tertiary/aromatic N) is 2. The Morgan fingerprint density at radius 2 is 1.81 bits per heavy atom. The molecule has 2 aromatic carbocycles. The van der Waals surface area contributed by atoms with Gasteiger partial charge in [0.05, 0.1) is 26.7 Å². The van der Waals surface area contributed by atoms with Gasteiger partial charge in [-0.25, -0.2) is 9.37 Å². The molecule has 3 heterocycles. The van der Waals surface area contributed by atoms with E-state index in [4.69, 9.17) is 0 Å². The van der Waals surface area contributed by atoms with Crippen LogP contribution in [0.4, 0.5) is 9.52 Å². The number of hydrogen-bond donors (Lipinski definition) is 2. The van der Waals surface area contributed by atoms with Crippen molar-refractivity contribution >= 4 is 49.7 Å². The molecular formula is C23H15FN2O4S2. The van der Waals surface area contributed by atoms with Gasteiger partial charge in [-0.05, 0) is 55.0 Å². The second-order valence-electron chi connectivity index (χ2n) is 7.28. The van der Waals surface area contributed by atoms with Crippen molar-refractivity contribution in [2.75, 3.05) is 4.90 Å². The van der Waals surface area contributed by atoms with Crippen LogP contribution in [0.1, 0.15) is 26.2 Å². The summed E-state index contributed by atoms with van der Waals surface area (Å²) in [5, 5.41) is 20.7. The van der Waals surface area contributed by atoms with Crippen molar-refractivity contribution < 1.29 is 24.2 Å². The number of Topliss-reactive ketones (excluding diaryl/α,β-unsaturated/α-hetero) is 1. The Morgan fingerprint density at radius 3 is 2.50 bits per heavy atom. The second kappa shape index (κ2) is 7.54. The molecule has 0 saturated carbocycles. The maximum absolute atomic E-state index is 13.7. The summed E-state index contributed by atoms with van der Waals surface area (Å²) in [5.41, 5.74) is 0.951. The molecule has 2 aromatic heterocycles. The van der Waals surface area contributed by atoms with Crippen LogP contribution in [0.15, 0.2) is 65.9 Å². The van der Waals surface area contributed by atoms with Crippen LogP contribution in [0.5, 0.6) is 5.75 Å². The largest absolute Gasteiger partial charge is 0.508 e. The molecule has 1 atom stereocenters. The fourth-order valence-electron chi connectivity index (χ4n) is 3.69. The smallest absolute Gasteiger partial charge is 0.296 e. The van der Waals surface area contributed by atoms with Crippen LogP contribution in [0.25, 0.3) is 10.2 Å². The van der Waals surface area contributed by atoms with Crippen LogP contribution in [0.3, 0.4) is 0 Å². The van der Waals surface area contributed by atoms with Gasteiger partial charge in [-0.3, -0.25) is 14.5 Å². The van der Waals surface area contributed by atoms with Crippen molar-refractivity contribution in [2.24, 2.45) is 0 Å². The first-order valence-corrected chi connectivity index (χ1v) is 11.2. The highest BCUT2D eigenvalue weighted by molar-refractivity contribution is 7.22. The lowest BCUT2D eigenvalue weighted by Crippen LogP contribution is -2.30. The molecule has 4 aromatic rings. The molecule has 1 amide bonds. The van der Waals surface area contributed by atoms with E-state index in [0.29, 0.717) is 20.7 Å². The SMILES string of the molecule is Cc1ccc(C(=O)C2=C(O)C(=O)N(c3nc4ccc(F)cc4s3)C2c2ccc(O)cc2)s1. The van der Waals surface area contributed by atoms with E-state index in [-0.39, 0.29) is 16.5 Å². The van der Waals surface area contributed by atoms with Crippen molar-refractivity contribution in [1.82, 2.24) is 4.98 Å². The molecule has 6 nitrogen and oxygen atoms in total. The number of carbonyl (C=O) groups is 2. The summed E-state index contributed by atoms with van der Waals surface area (Å²) in [4.78, 5) is 33.5. The van der Waals surface area contributed by atoms with Crippen LogP contribution in [-0.4, -0.2) is 26.9 Å². The first-order valence-electron chi connectivity index (χ1n) is 9.56. The number of phenols is 1. The Hall–Kier alpha value is -3.56. The standard InChI is InChI=1S/C23H15FN2O4S2/c1-11-2-9-16(31-11)20(28)18-19(12-3-6-14(27)7-4-12)26(22(30)21(18)29)23-25-15-8-5-13(24)10-17(15)32-23/h2-10,19,27,29H,1H3. The molecule has 0 fully saturated rings. The molecule has 1 aliphatic rings. The number of anilines is 1. The number of fused-ring (bicyclic) bond motifs is 1. The summed E-state index contributed by atoms with van der Waals surface area (Å²) in [6.45, 7) is 1.86. The number of aromatic nitrogens is 1. The van der Waals surface area contributed by atoms with Crippen LogP contribution < -0.4 is 4.90 Å². The Morgan fingerprint density at radius 1 is 1.06 bits per heavy atom. The lowest BCUT2D eigenvalue weighted by Gasteiger charge is -2.24. The van der Waals surface area contributed by atoms with E-state index in [1.54, 1.807) is 24.3 Å². The predicted octanol–water partition coefficient (Wildman–Crippen LogP) is 5.29. The number of ketones is 1. The molecule has 0 spiro atoms. The third-order valence-corrected chi connectivity index (χ3v) is 7.19. The highest BCUT2D eigenvalue weighted by atomic mass is 32.1. The molecule has 0 saturated heterocycles. The molecule has 1 aliphatic heterocycles. The third-order valence-electron chi connectivity index (χ3n) is 5.17. The maximum Gasteiger partial charge on any atom is 0.296 e. The molecule has 1 unspecified atom stereocenters. The fraction of sp³-hybridized carbons (Fsp3) is 0.0870. The van der Waals surface area contributed by atoms with Gasteiger partial charge in [0.15, 0.2) is 10.9 Å². The lowest BCUT2D eigenvalue weighted by atomic mass is 9.95. The first-order chi connectivity index (χ1) is 15.3. The zero-order chi connectivity index (χ0) is 22.6. The number of amides is 1. The number of thiophene rings is 1. The average Bonchev–Trinajstić information content (AvgIpc) is 3.44. The van der Waals surface area contributed by atoms with E-state index in [2.05, 4.69) is 4.98 Å². The van der Waals surface area contributed by atoms with E-state index >= 15 is 0 Å². The molecule has 0 aliphatic carbocycles. The Labute approximate surface area is 189 Å². The summed E-state index contributed by atoms with van der Waals surface area (Å²) in [5.74, 6) is -2.28. The molecule has 2 N–H and O–H groups in total. The quantitative estimate of drug-likeness (QED) is 0.399. The topological polar surface area (TPSA) is 90.7 Å². The summed E-state index contributed by atoms with van der Waals surface area (Å²) < 4.78 is 14.2. The summed E-state index contributed by atoms with van der Waals surface area (Å²) in [7, 11) is 0. The fourth-order valence-corrected chi connectivity index (χ4v) is 5.52. The summed E-state index contributed by atoms with van der Waals surface area (Å²) in [6, 6.07) is 12.7. The van der Waals surface area contributed by atoms with Gasteiger partial charge in [-0.2, -0.15) is 0 Å². The van der Waals surface area contributed by atoms with E-state index in [9.17, 15) is 24.2 Å². The monoisotopic (exact) mass is 466 g/mol. The van der Waals surface area contributed by atoms with Crippen molar-refractivity contribution in [3.63, 3.8) is 0 Å². The molecule has 5 rings (SSSR count). The zero-order valence-corrected chi connectivity index (χ0v) is 18.2. The molecule has 0 radical (unpaired) electrons. The van der Waals surface area contributed by atoms with Gasteiger partial charge < -0.3 is 10.2 Å². The molecule has 9 heteroatoms. The van der Waals surface area contributed by atoms with Crippen molar-refractivity contribution in [2.45, 2.75) is 13.0 Å². The predicted molar refractivity (Wildman–Crippen MR) is 121 cm³/mol. The Kier molecular flexibility index (Phi) is 4.79. The first kappa shape index (κ1) is 20.3. The van der Waals surface area contributed by atoms with Crippen LogP contribution >= 0.6 is 22.7 Å². The van der Waals surface area contributed by atoms with E-state index in [1.165, 1.54) is 46.6 Å². The van der Waals surface area contributed by atoms with Gasteiger partial charge in [0.1, 0.15) is 11.6 Å². The maximum atomic E-state index is 13.7. The number of aliphatic hydroxyl groups is 1. The number of rotatable bonds is 4. The summed E-state index contributed by atoms with van der Waals surface area (Å²) >= 11 is 2.36. The van der Waals surface area contributed by atoms with Crippen LogP contribution in [0, 0.1) is 12.7 Å². The van der Waals surface area contributed by atoms with Gasteiger partial charge in [0.25, 0.3) is 5.91 Å². The van der Waals surface area contributed by atoms with Gasteiger partial charge in [-0.15, -0.1) is 11.3 Å². The van der Waals surface area contributed by atoms with Gasteiger partial charge >= 0.3 is 0 Å². The summed E-state index contributed by atoms with van der Waals surface area (Å²) in [6.07, 6.45) is 0. The van der Waals surface area contributed by atoms with Gasteiger partial charge in [0, 0.05) is 4.88 Å². The van der Waals surface area contributed by atoms with Crippen molar-refractivity contribution in [3.05, 3.63) is 87.1 Å². The number of carbonyl (C=O) groups excluding carboxylic acids is 2. The van der Waals surface area contributed by atoms with Crippen LogP contribution in [0.2, 0.25) is 0 Å². The molecule has 160 valence electrons. The third kappa shape index (κ3) is 3.26. The Bertz CT molecular complexity index is 1420. The van der Waals surface area contributed by atoms with Crippen molar-refractivity contribution in [1.29, 1.82) is 0 Å². The van der Waals surface area contributed by atoms with E-state index in [1.807, 2.05) is 6.92 Å². The van der Waals surface area contributed by atoms with Crippen molar-refractivity contribution in [3.8, 4) is 5.75 Å².